The molecule has 0 bridgehead atoms. The Morgan fingerprint density at radius 3 is 2.20 bits per heavy atom. The molecule has 6 heteroatoms. The summed E-state index contributed by atoms with van der Waals surface area (Å²) in [7, 11) is 3.27. The van der Waals surface area contributed by atoms with E-state index >= 15 is 0 Å². The Hall–Kier alpha value is -2.73. The molecule has 0 saturated heterocycles. The molecule has 0 fully saturated rings. The first kappa shape index (κ1) is 22.0. The first-order valence-electron chi connectivity index (χ1n) is 10.6. The lowest BCUT2D eigenvalue weighted by atomic mass is 9.99. The maximum absolute atomic E-state index is 12.7. The van der Waals surface area contributed by atoms with E-state index in [2.05, 4.69) is 48.3 Å². The number of amides is 2. The highest BCUT2D eigenvalue weighted by Gasteiger charge is 2.22. The molecule has 0 aliphatic carbocycles. The second-order valence-electron chi connectivity index (χ2n) is 7.58. The summed E-state index contributed by atoms with van der Waals surface area (Å²) < 4.78 is 10.8. The van der Waals surface area contributed by atoms with E-state index in [0.29, 0.717) is 25.4 Å². The molecule has 1 aliphatic heterocycles. The van der Waals surface area contributed by atoms with E-state index < -0.39 is 0 Å². The molecule has 0 atom stereocenters. The van der Waals surface area contributed by atoms with Crippen molar-refractivity contribution in [3.63, 3.8) is 0 Å². The summed E-state index contributed by atoms with van der Waals surface area (Å²) in [5.74, 6) is 1.43. The van der Waals surface area contributed by atoms with Gasteiger partial charge < -0.3 is 19.7 Å². The van der Waals surface area contributed by atoms with Gasteiger partial charge in [-0.1, -0.05) is 38.1 Å². The van der Waals surface area contributed by atoms with Gasteiger partial charge in [-0.2, -0.15) is 0 Å². The highest BCUT2D eigenvalue weighted by molar-refractivity contribution is 5.74. The fourth-order valence-corrected chi connectivity index (χ4v) is 3.81. The molecule has 6 nitrogen and oxygen atoms in total. The van der Waals surface area contributed by atoms with Crippen molar-refractivity contribution in [2.24, 2.45) is 0 Å². The minimum atomic E-state index is -0.0392. The monoisotopic (exact) mass is 411 g/mol. The average Bonchev–Trinajstić information content (AvgIpc) is 2.80. The lowest BCUT2D eigenvalue weighted by molar-refractivity contribution is 0.191. The van der Waals surface area contributed by atoms with Gasteiger partial charge >= 0.3 is 6.03 Å². The van der Waals surface area contributed by atoms with Crippen LogP contribution in [0.1, 0.15) is 36.1 Å². The number of urea groups is 1. The Balaban J connectivity index is 1.56. The number of nitrogens with zero attached hydrogens (tertiary/aromatic N) is 2. The Kier molecular flexibility index (Phi) is 7.57. The summed E-state index contributed by atoms with van der Waals surface area (Å²) in [5.41, 5.74) is 4.72. The van der Waals surface area contributed by atoms with Crippen LogP contribution in [0.5, 0.6) is 11.5 Å². The topological polar surface area (TPSA) is 54.0 Å². The predicted molar refractivity (Wildman–Crippen MR) is 119 cm³/mol. The molecule has 0 spiro atoms. The smallest absolute Gasteiger partial charge is 0.317 e. The molecular weight excluding hydrogens is 378 g/mol. The van der Waals surface area contributed by atoms with Crippen molar-refractivity contribution in [1.29, 1.82) is 0 Å². The van der Waals surface area contributed by atoms with Gasteiger partial charge in [-0.3, -0.25) is 4.90 Å². The van der Waals surface area contributed by atoms with Gasteiger partial charge in [0.2, 0.25) is 0 Å². The molecule has 0 aromatic heterocycles. The van der Waals surface area contributed by atoms with E-state index in [1.54, 1.807) is 14.2 Å². The van der Waals surface area contributed by atoms with Crippen molar-refractivity contribution in [2.75, 3.05) is 33.9 Å². The fraction of sp³-hybridized carbons (Fsp3) is 0.458. The first-order valence-corrected chi connectivity index (χ1v) is 10.6. The van der Waals surface area contributed by atoms with Gasteiger partial charge in [-0.15, -0.1) is 0 Å². The van der Waals surface area contributed by atoms with Crippen LogP contribution >= 0.6 is 0 Å². The van der Waals surface area contributed by atoms with E-state index in [0.717, 1.165) is 42.9 Å². The lowest BCUT2D eigenvalue weighted by Crippen LogP contribution is -2.42. The van der Waals surface area contributed by atoms with Gasteiger partial charge in [0.15, 0.2) is 11.5 Å². The SMILES string of the molecule is CCN(CC)Cc1ccc(CNC(=O)N2CCc3cc(OC)c(OC)cc3C2)cc1. The lowest BCUT2D eigenvalue weighted by Gasteiger charge is -2.29. The summed E-state index contributed by atoms with van der Waals surface area (Å²) in [6, 6.07) is 12.4. The number of rotatable bonds is 8. The normalized spacial score (nSPS) is 13.2. The third kappa shape index (κ3) is 5.25. The summed E-state index contributed by atoms with van der Waals surface area (Å²) >= 11 is 0. The second-order valence-corrected chi connectivity index (χ2v) is 7.58. The van der Waals surface area contributed by atoms with E-state index in [4.69, 9.17) is 9.47 Å². The second kappa shape index (κ2) is 10.3. The fourth-order valence-electron chi connectivity index (χ4n) is 3.81. The standard InChI is InChI=1S/C24H33N3O3/c1-5-26(6-2)16-19-9-7-18(8-10-19)15-25-24(28)27-12-11-20-13-22(29-3)23(30-4)14-21(20)17-27/h7-10,13-14H,5-6,11-12,15-17H2,1-4H3,(H,25,28). The van der Waals surface area contributed by atoms with Gasteiger partial charge in [0.05, 0.1) is 14.2 Å². The van der Waals surface area contributed by atoms with Crippen LogP contribution in [0, 0.1) is 0 Å². The number of hydrogen-bond acceptors (Lipinski definition) is 4. The van der Waals surface area contributed by atoms with Gasteiger partial charge in [-0.05, 0) is 53.9 Å². The van der Waals surface area contributed by atoms with Gasteiger partial charge in [0, 0.05) is 26.2 Å². The maximum atomic E-state index is 12.7. The van der Waals surface area contributed by atoms with Crippen LogP contribution in [0.25, 0.3) is 0 Å². The van der Waals surface area contributed by atoms with E-state index in [1.807, 2.05) is 17.0 Å². The van der Waals surface area contributed by atoms with E-state index in [9.17, 15) is 4.79 Å². The van der Waals surface area contributed by atoms with Gasteiger partial charge in [0.1, 0.15) is 0 Å². The number of hydrogen-bond donors (Lipinski definition) is 1. The quantitative estimate of drug-likeness (QED) is 0.718. The highest BCUT2D eigenvalue weighted by Crippen LogP contribution is 2.33. The Morgan fingerprint density at radius 2 is 1.60 bits per heavy atom. The number of nitrogens with one attached hydrogen (secondary N) is 1. The van der Waals surface area contributed by atoms with Crippen LogP contribution in [0.3, 0.4) is 0 Å². The predicted octanol–water partition coefficient (Wildman–Crippen LogP) is 3.81. The summed E-state index contributed by atoms with van der Waals surface area (Å²) in [6.07, 6.45) is 0.809. The molecule has 3 rings (SSSR count). The third-order valence-corrected chi connectivity index (χ3v) is 5.77. The van der Waals surface area contributed by atoms with Crippen molar-refractivity contribution in [3.8, 4) is 11.5 Å². The molecule has 1 aliphatic rings. The maximum Gasteiger partial charge on any atom is 0.317 e. The van der Waals surface area contributed by atoms with Gasteiger partial charge in [-0.25, -0.2) is 4.79 Å². The molecule has 1 N–H and O–H groups in total. The van der Waals surface area contributed by atoms with Crippen LogP contribution in [-0.4, -0.2) is 49.7 Å². The molecule has 162 valence electrons. The molecule has 2 amide bonds. The highest BCUT2D eigenvalue weighted by atomic mass is 16.5. The molecule has 30 heavy (non-hydrogen) atoms. The molecule has 2 aromatic rings. The van der Waals surface area contributed by atoms with Crippen molar-refractivity contribution >= 4 is 6.03 Å². The largest absolute Gasteiger partial charge is 0.493 e. The summed E-state index contributed by atoms with van der Waals surface area (Å²) in [5, 5.41) is 3.05. The van der Waals surface area contributed by atoms with Crippen LogP contribution in [0.4, 0.5) is 4.79 Å². The van der Waals surface area contributed by atoms with E-state index in [1.165, 1.54) is 11.1 Å². The Labute approximate surface area is 179 Å². The zero-order valence-electron chi connectivity index (χ0n) is 18.5. The molecular formula is C24H33N3O3. The number of methoxy groups -OCH3 is 2. The number of benzene rings is 2. The molecule has 0 unspecified atom stereocenters. The Bertz CT molecular complexity index is 848. The Morgan fingerprint density at radius 1 is 1.00 bits per heavy atom. The molecule has 2 aromatic carbocycles. The summed E-state index contributed by atoms with van der Waals surface area (Å²) in [6.45, 7) is 9.21. The zero-order valence-corrected chi connectivity index (χ0v) is 18.5. The average molecular weight is 412 g/mol. The van der Waals surface area contributed by atoms with Gasteiger partial charge in [0.25, 0.3) is 0 Å². The minimum Gasteiger partial charge on any atom is -0.493 e. The molecule has 1 heterocycles. The van der Waals surface area contributed by atoms with E-state index in [-0.39, 0.29) is 6.03 Å². The number of carbonyl (C=O) groups excluding carboxylic acids is 1. The number of ether oxygens (including phenoxy) is 2. The van der Waals surface area contributed by atoms with Crippen molar-refractivity contribution in [2.45, 2.75) is 39.9 Å². The van der Waals surface area contributed by atoms with Crippen molar-refractivity contribution < 1.29 is 14.3 Å². The summed E-state index contributed by atoms with van der Waals surface area (Å²) in [4.78, 5) is 16.9. The first-order chi connectivity index (χ1) is 14.6. The zero-order chi connectivity index (χ0) is 21.5. The third-order valence-electron chi connectivity index (χ3n) is 5.77. The number of carbonyl (C=O) groups is 1. The van der Waals surface area contributed by atoms with Crippen LogP contribution in [0.15, 0.2) is 36.4 Å². The van der Waals surface area contributed by atoms with Crippen molar-refractivity contribution in [1.82, 2.24) is 15.1 Å². The molecule has 0 saturated carbocycles. The van der Waals surface area contributed by atoms with Crippen LogP contribution in [-0.2, 0) is 26.1 Å². The van der Waals surface area contributed by atoms with Crippen LogP contribution in [0.2, 0.25) is 0 Å². The molecule has 0 radical (unpaired) electrons. The minimum absolute atomic E-state index is 0.0392. The number of fused-ring (bicyclic) bond motifs is 1. The van der Waals surface area contributed by atoms with Crippen molar-refractivity contribution in [3.05, 3.63) is 58.7 Å². The van der Waals surface area contributed by atoms with Crippen LogP contribution < -0.4 is 14.8 Å².